The number of likely N-dealkylation sites (tertiary alicyclic amines) is 1. The number of nitrogens with one attached hydrogen (secondary N) is 2. The first kappa shape index (κ1) is 19.0. The lowest BCUT2D eigenvalue weighted by Gasteiger charge is -2.21. The van der Waals surface area contributed by atoms with E-state index in [2.05, 4.69) is 34.0 Å². The number of likely N-dealkylation sites (N-methyl/N-ethyl adjacent to an activating group) is 1. The molecule has 1 fully saturated rings. The summed E-state index contributed by atoms with van der Waals surface area (Å²) in [7, 11) is 1.82. The van der Waals surface area contributed by atoms with E-state index in [0.717, 1.165) is 42.9 Å². The van der Waals surface area contributed by atoms with Crippen molar-refractivity contribution in [3.8, 4) is 0 Å². The Morgan fingerprint density at radius 1 is 1.50 bits per heavy atom. The van der Waals surface area contributed by atoms with E-state index < -0.39 is 0 Å². The molecule has 1 saturated heterocycles. The summed E-state index contributed by atoms with van der Waals surface area (Å²) in [6.45, 7) is 8.01. The van der Waals surface area contributed by atoms with Crippen LogP contribution in [-0.4, -0.2) is 65.1 Å². The number of benzene rings is 1. The Balaban J connectivity index is 1.43. The van der Waals surface area contributed by atoms with Gasteiger partial charge in [-0.15, -0.1) is 0 Å². The highest BCUT2D eigenvalue weighted by atomic mass is 35.5. The van der Waals surface area contributed by atoms with Gasteiger partial charge < -0.3 is 20.1 Å². The number of H-pyrrole nitrogens is 1. The Morgan fingerprint density at radius 2 is 2.31 bits per heavy atom. The molecule has 2 heterocycles. The first-order valence-electron chi connectivity index (χ1n) is 9.29. The zero-order chi connectivity index (χ0) is 18.7. The van der Waals surface area contributed by atoms with Crippen LogP contribution < -0.4 is 5.32 Å². The predicted molar refractivity (Wildman–Crippen MR) is 106 cm³/mol. The summed E-state index contributed by atoms with van der Waals surface area (Å²) in [4.78, 5) is 24.3. The summed E-state index contributed by atoms with van der Waals surface area (Å²) in [6.07, 6.45) is 1.84. The Labute approximate surface area is 159 Å². The molecule has 7 heteroatoms. The van der Waals surface area contributed by atoms with Crippen molar-refractivity contribution in [2.75, 3.05) is 33.2 Å². The van der Waals surface area contributed by atoms with E-state index in [4.69, 9.17) is 11.6 Å². The molecule has 0 spiro atoms. The van der Waals surface area contributed by atoms with E-state index >= 15 is 0 Å². The first-order chi connectivity index (χ1) is 12.4. The van der Waals surface area contributed by atoms with Crippen molar-refractivity contribution in [2.24, 2.45) is 5.92 Å². The molecule has 0 aliphatic carbocycles. The molecule has 1 aliphatic heterocycles. The van der Waals surface area contributed by atoms with Crippen LogP contribution >= 0.6 is 11.6 Å². The number of halogens is 1. The molecule has 3 rings (SSSR count). The van der Waals surface area contributed by atoms with Gasteiger partial charge in [0.2, 0.25) is 0 Å². The van der Waals surface area contributed by atoms with Crippen molar-refractivity contribution in [1.29, 1.82) is 0 Å². The maximum absolute atomic E-state index is 12.3. The number of hydrogen-bond donors (Lipinski definition) is 2. The zero-order valence-electron chi connectivity index (χ0n) is 15.8. The maximum atomic E-state index is 12.3. The summed E-state index contributed by atoms with van der Waals surface area (Å²) in [5.74, 6) is 1.42. The van der Waals surface area contributed by atoms with Crippen LogP contribution in [-0.2, 0) is 6.42 Å². The Kier molecular flexibility index (Phi) is 6.04. The molecule has 6 nitrogen and oxygen atoms in total. The average Bonchev–Trinajstić information content (AvgIpc) is 3.23. The Morgan fingerprint density at radius 3 is 3.04 bits per heavy atom. The van der Waals surface area contributed by atoms with E-state index in [-0.39, 0.29) is 6.03 Å². The van der Waals surface area contributed by atoms with Crippen molar-refractivity contribution < 1.29 is 4.79 Å². The van der Waals surface area contributed by atoms with Crippen LogP contribution in [0.25, 0.3) is 11.0 Å². The molecule has 2 amide bonds. The SMILES string of the molecule is CC(C)N1CC[C@H](CNC(=O)N(C)CCc2nc3ccc(Cl)cc3[nH]2)C1. The number of carbonyl (C=O) groups is 1. The van der Waals surface area contributed by atoms with Crippen molar-refractivity contribution in [3.63, 3.8) is 0 Å². The van der Waals surface area contributed by atoms with Crippen LogP contribution in [0.3, 0.4) is 0 Å². The van der Waals surface area contributed by atoms with Crippen molar-refractivity contribution in [3.05, 3.63) is 29.0 Å². The number of aromatic nitrogens is 2. The normalized spacial score (nSPS) is 18.0. The minimum absolute atomic E-state index is 0.0212. The quantitative estimate of drug-likeness (QED) is 0.812. The second kappa shape index (κ2) is 8.27. The third kappa shape index (κ3) is 4.68. The molecule has 1 aromatic heterocycles. The number of fused-ring (bicyclic) bond motifs is 1. The van der Waals surface area contributed by atoms with Crippen molar-refractivity contribution >= 4 is 28.7 Å². The van der Waals surface area contributed by atoms with Gasteiger partial charge in [0.15, 0.2) is 0 Å². The van der Waals surface area contributed by atoms with Gasteiger partial charge in [-0.3, -0.25) is 0 Å². The number of imidazole rings is 1. The Bertz CT molecular complexity index is 759. The number of rotatable bonds is 6. The molecule has 0 saturated carbocycles. The second-order valence-electron chi connectivity index (χ2n) is 7.45. The molecule has 0 radical (unpaired) electrons. The highest BCUT2D eigenvalue weighted by Gasteiger charge is 2.24. The fourth-order valence-electron chi connectivity index (χ4n) is 3.39. The molecule has 0 bridgehead atoms. The second-order valence-corrected chi connectivity index (χ2v) is 7.88. The summed E-state index contributed by atoms with van der Waals surface area (Å²) in [5, 5.41) is 3.75. The summed E-state index contributed by atoms with van der Waals surface area (Å²) in [5.41, 5.74) is 1.82. The summed E-state index contributed by atoms with van der Waals surface area (Å²) >= 11 is 6.00. The number of urea groups is 1. The molecular formula is C19H28ClN5O. The molecule has 2 aromatic rings. The van der Waals surface area contributed by atoms with Crippen molar-refractivity contribution in [1.82, 2.24) is 25.1 Å². The third-order valence-electron chi connectivity index (χ3n) is 5.11. The molecule has 26 heavy (non-hydrogen) atoms. The van der Waals surface area contributed by atoms with Gasteiger partial charge in [0.1, 0.15) is 5.82 Å². The molecule has 1 aromatic carbocycles. The van der Waals surface area contributed by atoms with Gasteiger partial charge in [0, 0.05) is 44.2 Å². The zero-order valence-corrected chi connectivity index (χ0v) is 16.5. The lowest BCUT2D eigenvalue weighted by molar-refractivity contribution is 0.206. The topological polar surface area (TPSA) is 64.3 Å². The van der Waals surface area contributed by atoms with Gasteiger partial charge in [-0.05, 0) is 50.9 Å². The molecule has 1 aliphatic rings. The average molecular weight is 378 g/mol. The van der Waals surface area contributed by atoms with Crippen LogP contribution in [0.4, 0.5) is 4.79 Å². The minimum Gasteiger partial charge on any atom is -0.342 e. The lowest BCUT2D eigenvalue weighted by atomic mass is 10.1. The number of hydrogen-bond acceptors (Lipinski definition) is 3. The minimum atomic E-state index is -0.0212. The van der Waals surface area contributed by atoms with Crippen LogP contribution in [0.15, 0.2) is 18.2 Å². The standard InChI is InChI=1S/C19H28ClN5O/c1-13(2)25-9-6-14(12-25)11-21-19(26)24(3)8-7-18-22-16-5-4-15(20)10-17(16)23-18/h4-5,10,13-14H,6-9,11-12H2,1-3H3,(H,21,26)(H,22,23)/t14-/m1/s1. The highest BCUT2D eigenvalue weighted by Crippen LogP contribution is 2.18. The van der Waals surface area contributed by atoms with Gasteiger partial charge in [-0.25, -0.2) is 9.78 Å². The number of amides is 2. The molecule has 0 unspecified atom stereocenters. The van der Waals surface area contributed by atoms with Crippen molar-refractivity contribution in [2.45, 2.75) is 32.7 Å². The monoisotopic (exact) mass is 377 g/mol. The fourth-order valence-corrected chi connectivity index (χ4v) is 3.57. The number of aromatic amines is 1. The van der Waals surface area contributed by atoms with Gasteiger partial charge in [-0.2, -0.15) is 0 Å². The summed E-state index contributed by atoms with van der Waals surface area (Å²) < 4.78 is 0. The van der Waals surface area contributed by atoms with E-state index in [1.54, 1.807) is 4.90 Å². The van der Waals surface area contributed by atoms with Crippen LogP contribution in [0.1, 0.15) is 26.1 Å². The number of nitrogens with zero attached hydrogens (tertiary/aromatic N) is 3. The molecule has 142 valence electrons. The van der Waals surface area contributed by atoms with Crippen LogP contribution in [0, 0.1) is 5.92 Å². The largest absolute Gasteiger partial charge is 0.342 e. The van der Waals surface area contributed by atoms with E-state index in [1.165, 1.54) is 0 Å². The van der Waals surface area contributed by atoms with Crippen LogP contribution in [0.5, 0.6) is 0 Å². The van der Waals surface area contributed by atoms with Gasteiger partial charge in [-0.1, -0.05) is 11.6 Å². The molecule has 1 atom stereocenters. The van der Waals surface area contributed by atoms with Crippen LogP contribution in [0.2, 0.25) is 5.02 Å². The predicted octanol–water partition coefficient (Wildman–Crippen LogP) is 3.13. The maximum Gasteiger partial charge on any atom is 0.317 e. The lowest BCUT2D eigenvalue weighted by Crippen LogP contribution is -2.41. The molecule has 2 N–H and O–H groups in total. The van der Waals surface area contributed by atoms with E-state index in [1.807, 2.05) is 25.2 Å². The highest BCUT2D eigenvalue weighted by molar-refractivity contribution is 6.31. The van der Waals surface area contributed by atoms with Gasteiger partial charge >= 0.3 is 6.03 Å². The van der Waals surface area contributed by atoms with E-state index in [9.17, 15) is 4.79 Å². The van der Waals surface area contributed by atoms with Gasteiger partial charge in [0.25, 0.3) is 0 Å². The Hall–Kier alpha value is -1.79. The van der Waals surface area contributed by atoms with E-state index in [0.29, 0.717) is 29.9 Å². The smallest absolute Gasteiger partial charge is 0.317 e. The third-order valence-corrected chi connectivity index (χ3v) is 5.35. The first-order valence-corrected chi connectivity index (χ1v) is 9.67. The van der Waals surface area contributed by atoms with Gasteiger partial charge in [0.05, 0.1) is 11.0 Å². The fraction of sp³-hybridized carbons (Fsp3) is 0.579. The number of carbonyl (C=O) groups excluding carboxylic acids is 1. The molecular weight excluding hydrogens is 350 g/mol. The summed E-state index contributed by atoms with van der Waals surface area (Å²) in [6, 6.07) is 6.16.